The number of halogens is 3. The van der Waals surface area contributed by atoms with E-state index in [9.17, 15) is 8.78 Å². The summed E-state index contributed by atoms with van der Waals surface area (Å²) in [6.07, 6.45) is 0. The van der Waals surface area contributed by atoms with Crippen molar-refractivity contribution in [1.29, 1.82) is 0 Å². The lowest BCUT2D eigenvalue weighted by Gasteiger charge is -2.27. The maximum atomic E-state index is 13.8. The van der Waals surface area contributed by atoms with E-state index in [4.69, 9.17) is 5.73 Å². The quantitative estimate of drug-likeness (QED) is 0.893. The number of nitrogens with two attached hydrogens (primary N) is 1. The molecule has 0 aromatic heterocycles. The molecule has 0 saturated heterocycles. The molecule has 4 heteroatoms. The monoisotopic (exact) mass is 311 g/mol. The molecule has 0 aliphatic rings. The van der Waals surface area contributed by atoms with Crippen molar-refractivity contribution in [1.82, 2.24) is 0 Å². The van der Waals surface area contributed by atoms with Crippen LogP contribution < -0.4 is 5.73 Å². The van der Waals surface area contributed by atoms with Gasteiger partial charge in [0.2, 0.25) is 0 Å². The van der Waals surface area contributed by atoms with E-state index in [-0.39, 0.29) is 5.56 Å². The lowest BCUT2D eigenvalue weighted by Crippen LogP contribution is -2.35. The largest absolute Gasteiger partial charge is 0.318 e. The van der Waals surface area contributed by atoms with Crippen LogP contribution in [0.2, 0.25) is 0 Å². The molecule has 2 N–H and O–H groups in total. The zero-order valence-electron chi connectivity index (χ0n) is 9.75. The summed E-state index contributed by atoms with van der Waals surface area (Å²) in [5.41, 5.74) is 6.19. The van der Waals surface area contributed by atoms with Crippen molar-refractivity contribution in [3.05, 3.63) is 69.7 Å². The highest BCUT2D eigenvalue weighted by Gasteiger charge is 2.28. The Kier molecular flexibility index (Phi) is 3.50. The Balaban J connectivity index is 2.58. The summed E-state index contributed by atoms with van der Waals surface area (Å²) in [7, 11) is 0. The minimum absolute atomic E-state index is 0.260. The first kappa shape index (κ1) is 13.2. The topological polar surface area (TPSA) is 26.0 Å². The van der Waals surface area contributed by atoms with E-state index < -0.39 is 17.2 Å². The lowest BCUT2D eigenvalue weighted by atomic mass is 9.85. The van der Waals surface area contributed by atoms with Crippen molar-refractivity contribution in [2.75, 3.05) is 0 Å². The zero-order valence-corrected chi connectivity index (χ0v) is 11.3. The highest BCUT2D eigenvalue weighted by Crippen LogP contribution is 2.33. The predicted octanol–water partition coefficient (Wildman–Crippen LogP) is 3.95. The Labute approximate surface area is 113 Å². The van der Waals surface area contributed by atoms with Gasteiger partial charge in [-0.3, -0.25) is 0 Å². The highest BCUT2D eigenvalue weighted by atomic mass is 79.9. The SMILES string of the molecule is CC(N)(c1ccc(F)cc1F)c1ccccc1Br. The van der Waals surface area contributed by atoms with Gasteiger partial charge in [-0.2, -0.15) is 0 Å². The van der Waals surface area contributed by atoms with Gasteiger partial charge in [0.15, 0.2) is 0 Å². The van der Waals surface area contributed by atoms with Gasteiger partial charge in [0.25, 0.3) is 0 Å². The third kappa shape index (κ3) is 2.31. The van der Waals surface area contributed by atoms with Crippen LogP contribution in [0.15, 0.2) is 46.9 Å². The van der Waals surface area contributed by atoms with Gasteiger partial charge in [-0.05, 0) is 24.6 Å². The van der Waals surface area contributed by atoms with Gasteiger partial charge >= 0.3 is 0 Å². The van der Waals surface area contributed by atoms with Crippen molar-refractivity contribution in [2.45, 2.75) is 12.5 Å². The Morgan fingerprint density at radius 3 is 2.33 bits per heavy atom. The molecule has 0 amide bonds. The van der Waals surface area contributed by atoms with Crippen molar-refractivity contribution in [3.63, 3.8) is 0 Å². The standard InChI is InChI=1S/C14H12BrF2N/c1-14(18,10-4-2-3-5-12(10)15)11-7-6-9(16)8-13(11)17/h2-8H,18H2,1H3. The molecule has 0 saturated carbocycles. The molecule has 0 fully saturated rings. The summed E-state index contributed by atoms with van der Waals surface area (Å²) in [5, 5.41) is 0. The highest BCUT2D eigenvalue weighted by molar-refractivity contribution is 9.10. The molecule has 1 atom stereocenters. The van der Waals surface area contributed by atoms with E-state index in [0.29, 0.717) is 0 Å². The van der Waals surface area contributed by atoms with Crippen LogP contribution in [0.3, 0.4) is 0 Å². The van der Waals surface area contributed by atoms with Crippen molar-refractivity contribution >= 4 is 15.9 Å². The first-order valence-corrected chi connectivity index (χ1v) is 6.21. The second-order valence-electron chi connectivity index (χ2n) is 4.31. The molecule has 0 bridgehead atoms. The fraction of sp³-hybridized carbons (Fsp3) is 0.143. The summed E-state index contributed by atoms with van der Waals surface area (Å²) < 4.78 is 27.5. The van der Waals surface area contributed by atoms with Gasteiger partial charge in [-0.1, -0.05) is 40.2 Å². The zero-order chi connectivity index (χ0) is 13.3. The van der Waals surface area contributed by atoms with E-state index >= 15 is 0 Å². The molecule has 0 radical (unpaired) electrons. The number of rotatable bonds is 2. The number of hydrogen-bond acceptors (Lipinski definition) is 1. The average Bonchev–Trinajstić information content (AvgIpc) is 2.28. The van der Waals surface area contributed by atoms with E-state index in [1.165, 1.54) is 12.1 Å². The molecular weight excluding hydrogens is 300 g/mol. The van der Waals surface area contributed by atoms with Crippen LogP contribution in [-0.2, 0) is 5.54 Å². The molecule has 1 nitrogen and oxygen atoms in total. The Hall–Kier alpha value is -1.26. The fourth-order valence-corrected chi connectivity index (χ4v) is 2.63. The molecule has 0 aliphatic carbocycles. The average molecular weight is 312 g/mol. The van der Waals surface area contributed by atoms with Gasteiger partial charge in [-0.15, -0.1) is 0 Å². The minimum Gasteiger partial charge on any atom is -0.318 e. The summed E-state index contributed by atoms with van der Waals surface area (Å²) in [5.74, 6) is -1.25. The molecule has 1 unspecified atom stereocenters. The maximum absolute atomic E-state index is 13.8. The second-order valence-corrected chi connectivity index (χ2v) is 5.16. The van der Waals surface area contributed by atoms with Crippen LogP contribution in [0.1, 0.15) is 18.1 Å². The first-order valence-electron chi connectivity index (χ1n) is 5.42. The van der Waals surface area contributed by atoms with Crippen LogP contribution in [0.4, 0.5) is 8.78 Å². The smallest absolute Gasteiger partial charge is 0.131 e. The van der Waals surface area contributed by atoms with Gasteiger partial charge in [0, 0.05) is 16.1 Å². The third-order valence-corrected chi connectivity index (χ3v) is 3.62. The Morgan fingerprint density at radius 2 is 1.72 bits per heavy atom. The lowest BCUT2D eigenvalue weighted by molar-refractivity contribution is 0.516. The molecule has 0 spiro atoms. The van der Waals surface area contributed by atoms with E-state index in [0.717, 1.165) is 16.1 Å². The molecule has 94 valence electrons. The van der Waals surface area contributed by atoms with Gasteiger partial charge in [0.05, 0.1) is 5.54 Å². The number of benzene rings is 2. The van der Waals surface area contributed by atoms with E-state index in [2.05, 4.69) is 15.9 Å². The third-order valence-electron chi connectivity index (χ3n) is 2.92. The Morgan fingerprint density at radius 1 is 1.06 bits per heavy atom. The molecule has 2 rings (SSSR count). The van der Waals surface area contributed by atoms with E-state index in [1.807, 2.05) is 24.3 Å². The van der Waals surface area contributed by atoms with Gasteiger partial charge in [0.1, 0.15) is 11.6 Å². The maximum Gasteiger partial charge on any atom is 0.131 e. The van der Waals surface area contributed by atoms with Crippen LogP contribution in [0.25, 0.3) is 0 Å². The number of hydrogen-bond donors (Lipinski definition) is 1. The van der Waals surface area contributed by atoms with E-state index in [1.54, 1.807) is 6.92 Å². The molecule has 0 aliphatic heterocycles. The van der Waals surface area contributed by atoms with Crippen molar-refractivity contribution in [3.8, 4) is 0 Å². The Bertz CT molecular complexity index is 582. The first-order chi connectivity index (χ1) is 8.43. The van der Waals surface area contributed by atoms with Crippen LogP contribution in [0.5, 0.6) is 0 Å². The van der Waals surface area contributed by atoms with Gasteiger partial charge < -0.3 is 5.73 Å². The van der Waals surface area contributed by atoms with Crippen LogP contribution >= 0.6 is 15.9 Å². The summed E-state index contributed by atoms with van der Waals surface area (Å²) in [6.45, 7) is 1.70. The normalized spacial score (nSPS) is 14.3. The molecule has 2 aromatic carbocycles. The van der Waals surface area contributed by atoms with Crippen LogP contribution in [-0.4, -0.2) is 0 Å². The molecular formula is C14H12BrF2N. The predicted molar refractivity (Wildman–Crippen MR) is 71.1 cm³/mol. The second kappa shape index (κ2) is 4.78. The summed E-state index contributed by atoms with van der Waals surface area (Å²) >= 11 is 3.39. The summed E-state index contributed by atoms with van der Waals surface area (Å²) in [4.78, 5) is 0. The van der Waals surface area contributed by atoms with Crippen molar-refractivity contribution < 1.29 is 8.78 Å². The summed E-state index contributed by atoms with van der Waals surface area (Å²) in [6, 6.07) is 10.8. The van der Waals surface area contributed by atoms with Crippen molar-refractivity contribution in [2.24, 2.45) is 5.73 Å². The van der Waals surface area contributed by atoms with Crippen LogP contribution in [0, 0.1) is 11.6 Å². The molecule has 2 aromatic rings. The molecule has 18 heavy (non-hydrogen) atoms. The minimum atomic E-state index is -1.03. The fourth-order valence-electron chi connectivity index (χ4n) is 1.94. The van der Waals surface area contributed by atoms with Gasteiger partial charge in [-0.25, -0.2) is 8.78 Å². The molecule has 0 heterocycles.